The number of hydrogen-bond donors (Lipinski definition) is 0. The fourth-order valence-electron chi connectivity index (χ4n) is 3.79. The molecule has 1 aromatic heterocycles. The van der Waals surface area contributed by atoms with Crippen LogP contribution in [0.4, 0.5) is 0 Å². The smallest absolute Gasteiger partial charge is 0.233 e. The molecule has 0 spiro atoms. The first-order valence-corrected chi connectivity index (χ1v) is 14.3. The normalized spacial score (nSPS) is 11.4. The SMILES string of the molecule is CCn1c(CS(=O)(=O)c2ccccc2)nnc1SCC(=O)N(Cc1ccccc1)Cc1ccccc1. The van der Waals surface area contributed by atoms with Crippen LogP contribution in [0.15, 0.2) is 101 Å². The molecule has 0 aliphatic rings. The summed E-state index contributed by atoms with van der Waals surface area (Å²) in [6, 6.07) is 28.1. The van der Waals surface area contributed by atoms with Gasteiger partial charge in [-0.1, -0.05) is 90.6 Å². The van der Waals surface area contributed by atoms with Gasteiger partial charge in [-0.25, -0.2) is 8.42 Å². The molecule has 0 bridgehead atoms. The molecule has 0 aliphatic carbocycles. The quantitative estimate of drug-likeness (QED) is 0.269. The van der Waals surface area contributed by atoms with Crippen molar-refractivity contribution in [2.45, 2.75) is 42.4 Å². The Bertz CT molecular complexity index is 1340. The predicted molar refractivity (Wildman–Crippen MR) is 141 cm³/mol. The molecule has 4 rings (SSSR count). The second-order valence-corrected chi connectivity index (χ2v) is 11.2. The second kappa shape index (κ2) is 12.0. The summed E-state index contributed by atoms with van der Waals surface area (Å²) < 4.78 is 27.4. The molecule has 0 atom stereocenters. The lowest BCUT2D eigenvalue weighted by Crippen LogP contribution is -2.31. The number of nitrogens with zero attached hydrogens (tertiary/aromatic N) is 4. The molecule has 0 N–H and O–H groups in total. The van der Waals surface area contributed by atoms with E-state index in [1.807, 2.05) is 72.5 Å². The Morgan fingerprint density at radius 2 is 1.36 bits per heavy atom. The minimum absolute atomic E-state index is 0.0307. The molecule has 1 amide bonds. The van der Waals surface area contributed by atoms with E-state index in [2.05, 4.69) is 10.2 Å². The van der Waals surface area contributed by atoms with Crippen molar-refractivity contribution in [2.24, 2.45) is 0 Å². The van der Waals surface area contributed by atoms with Gasteiger partial charge in [-0.3, -0.25) is 4.79 Å². The number of amides is 1. The highest BCUT2D eigenvalue weighted by molar-refractivity contribution is 7.99. The average molecular weight is 521 g/mol. The molecule has 1 heterocycles. The number of sulfone groups is 1. The summed E-state index contributed by atoms with van der Waals surface area (Å²) in [5.74, 6) is 0.252. The molecule has 0 aliphatic heterocycles. The van der Waals surface area contributed by atoms with Gasteiger partial charge in [0.25, 0.3) is 0 Å². The molecule has 9 heteroatoms. The van der Waals surface area contributed by atoms with Crippen LogP contribution in [-0.4, -0.2) is 39.7 Å². The van der Waals surface area contributed by atoms with Crippen LogP contribution in [0, 0.1) is 0 Å². The van der Waals surface area contributed by atoms with E-state index in [0.29, 0.717) is 30.6 Å². The van der Waals surface area contributed by atoms with Gasteiger partial charge >= 0.3 is 0 Å². The molecule has 0 fully saturated rings. The molecule has 3 aromatic carbocycles. The topological polar surface area (TPSA) is 85.2 Å². The lowest BCUT2D eigenvalue weighted by molar-refractivity contribution is -0.129. The summed E-state index contributed by atoms with van der Waals surface area (Å²) in [5.41, 5.74) is 2.11. The predicted octanol–water partition coefficient (Wildman–Crippen LogP) is 4.59. The zero-order chi connectivity index (χ0) is 25.4. The number of benzene rings is 3. The molecule has 0 saturated heterocycles. The van der Waals surface area contributed by atoms with Crippen molar-refractivity contribution in [3.05, 3.63) is 108 Å². The van der Waals surface area contributed by atoms with Crippen LogP contribution in [0.2, 0.25) is 0 Å². The van der Waals surface area contributed by atoms with Crippen molar-refractivity contribution >= 4 is 27.5 Å². The lowest BCUT2D eigenvalue weighted by atomic mass is 10.1. The monoisotopic (exact) mass is 520 g/mol. The maximum atomic E-state index is 13.3. The number of carbonyl (C=O) groups excluding carboxylic acids is 1. The summed E-state index contributed by atoms with van der Waals surface area (Å²) in [5, 5.41) is 8.88. The van der Waals surface area contributed by atoms with Crippen molar-refractivity contribution in [2.75, 3.05) is 5.75 Å². The van der Waals surface area contributed by atoms with Gasteiger partial charge in [0.1, 0.15) is 11.6 Å². The van der Waals surface area contributed by atoms with Crippen LogP contribution in [0.5, 0.6) is 0 Å². The summed E-state index contributed by atoms with van der Waals surface area (Å²) >= 11 is 1.28. The molecular weight excluding hydrogens is 492 g/mol. The Balaban J connectivity index is 1.47. The van der Waals surface area contributed by atoms with E-state index in [-0.39, 0.29) is 22.3 Å². The number of carbonyl (C=O) groups is 1. The molecular formula is C27H28N4O3S2. The van der Waals surface area contributed by atoms with Gasteiger partial charge in [0.2, 0.25) is 5.91 Å². The van der Waals surface area contributed by atoms with Crippen molar-refractivity contribution in [3.8, 4) is 0 Å². The first-order valence-electron chi connectivity index (χ1n) is 11.6. The van der Waals surface area contributed by atoms with Gasteiger partial charge in [-0.05, 0) is 30.2 Å². The van der Waals surface area contributed by atoms with Crippen LogP contribution >= 0.6 is 11.8 Å². The zero-order valence-corrected chi connectivity index (χ0v) is 21.7. The van der Waals surface area contributed by atoms with E-state index in [0.717, 1.165) is 11.1 Å². The van der Waals surface area contributed by atoms with E-state index in [4.69, 9.17) is 0 Å². The Labute approximate surface area is 216 Å². The third-order valence-electron chi connectivity index (χ3n) is 5.64. The Morgan fingerprint density at radius 3 is 1.89 bits per heavy atom. The summed E-state index contributed by atoms with van der Waals surface area (Å²) in [6.07, 6.45) is 0. The highest BCUT2D eigenvalue weighted by atomic mass is 32.2. The van der Waals surface area contributed by atoms with Crippen molar-refractivity contribution in [1.82, 2.24) is 19.7 Å². The fraction of sp³-hybridized carbons (Fsp3) is 0.222. The van der Waals surface area contributed by atoms with E-state index in [1.165, 1.54) is 11.8 Å². The largest absolute Gasteiger partial charge is 0.333 e. The highest BCUT2D eigenvalue weighted by Crippen LogP contribution is 2.22. The van der Waals surface area contributed by atoms with Gasteiger partial charge < -0.3 is 9.47 Å². The maximum absolute atomic E-state index is 13.3. The van der Waals surface area contributed by atoms with Gasteiger partial charge in [-0.2, -0.15) is 0 Å². The number of hydrogen-bond acceptors (Lipinski definition) is 6. The van der Waals surface area contributed by atoms with E-state index >= 15 is 0 Å². The van der Waals surface area contributed by atoms with Crippen LogP contribution in [0.1, 0.15) is 23.9 Å². The molecule has 4 aromatic rings. The van der Waals surface area contributed by atoms with Crippen molar-refractivity contribution in [1.29, 1.82) is 0 Å². The second-order valence-electron chi connectivity index (χ2n) is 8.22. The van der Waals surface area contributed by atoms with Crippen LogP contribution in [0.25, 0.3) is 0 Å². The molecule has 7 nitrogen and oxygen atoms in total. The molecule has 0 radical (unpaired) electrons. The Morgan fingerprint density at radius 1 is 0.833 bits per heavy atom. The van der Waals surface area contributed by atoms with Crippen LogP contribution in [0.3, 0.4) is 0 Å². The minimum atomic E-state index is -3.55. The Hall–Kier alpha value is -3.43. The van der Waals surface area contributed by atoms with E-state index < -0.39 is 9.84 Å². The third-order valence-corrected chi connectivity index (χ3v) is 8.22. The standard InChI is InChI=1S/C27H28N4O3S2/c1-2-31-25(21-36(33,34)24-16-10-5-11-17-24)28-29-27(31)35-20-26(32)30(18-22-12-6-3-7-13-22)19-23-14-8-4-9-15-23/h3-17H,2,18-21H2,1H3. The number of thioether (sulfide) groups is 1. The minimum Gasteiger partial charge on any atom is -0.333 e. The van der Waals surface area contributed by atoms with E-state index in [1.54, 1.807) is 34.9 Å². The first kappa shape index (κ1) is 25.7. The first-order chi connectivity index (χ1) is 17.5. The summed E-state index contributed by atoms with van der Waals surface area (Å²) in [7, 11) is -3.55. The van der Waals surface area contributed by atoms with Crippen molar-refractivity contribution < 1.29 is 13.2 Å². The molecule has 186 valence electrons. The summed E-state index contributed by atoms with van der Waals surface area (Å²) in [6.45, 7) is 3.40. The highest BCUT2D eigenvalue weighted by Gasteiger charge is 2.22. The number of rotatable bonds is 11. The number of aromatic nitrogens is 3. The lowest BCUT2D eigenvalue weighted by Gasteiger charge is -2.23. The molecule has 0 saturated carbocycles. The van der Waals surface area contributed by atoms with Gasteiger partial charge in [0.15, 0.2) is 15.0 Å². The van der Waals surface area contributed by atoms with Gasteiger partial charge in [0.05, 0.1) is 10.6 Å². The zero-order valence-electron chi connectivity index (χ0n) is 20.0. The van der Waals surface area contributed by atoms with Crippen molar-refractivity contribution in [3.63, 3.8) is 0 Å². The molecule has 0 unspecified atom stereocenters. The van der Waals surface area contributed by atoms with Gasteiger partial charge in [-0.15, -0.1) is 10.2 Å². The fourth-order valence-corrected chi connectivity index (χ4v) is 6.00. The third kappa shape index (κ3) is 6.61. The van der Waals surface area contributed by atoms with E-state index in [9.17, 15) is 13.2 Å². The van der Waals surface area contributed by atoms with Gasteiger partial charge in [0, 0.05) is 19.6 Å². The average Bonchev–Trinajstić information content (AvgIpc) is 3.29. The maximum Gasteiger partial charge on any atom is 0.233 e. The van der Waals surface area contributed by atoms with Crippen LogP contribution < -0.4 is 0 Å². The Kier molecular flexibility index (Phi) is 8.56. The molecule has 36 heavy (non-hydrogen) atoms. The summed E-state index contributed by atoms with van der Waals surface area (Å²) in [4.78, 5) is 15.4. The van der Waals surface area contributed by atoms with Crippen LogP contribution in [-0.2, 0) is 40.0 Å².